The normalized spacial score (nSPS) is 14.0. The Morgan fingerprint density at radius 1 is 1.32 bits per heavy atom. The molecule has 1 fully saturated rings. The van der Waals surface area contributed by atoms with Crippen molar-refractivity contribution in [2.75, 3.05) is 5.75 Å². The fraction of sp³-hybridized carbons (Fsp3) is 0.476. The van der Waals surface area contributed by atoms with Crippen LogP contribution in [0.5, 0.6) is 0 Å². The second-order valence-corrected chi connectivity index (χ2v) is 9.38. The van der Waals surface area contributed by atoms with Crippen LogP contribution in [0, 0.1) is 13.8 Å². The smallest absolute Gasteiger partial charge is 0.191 e. The number of hydrogen-bond acceptors (Lipinski definition) is 5. The summed E-state index contributed by atoms with van der Waals surface area (Å²) in [6, 6.07) is 6.74. The maximum atomic E-state index is 12.9. The third-order valence-corrected chi connectivity index (χ3v) is 7.03. The summed E-state index contributed by atoms with van der Waals surface area (Å²) in [5.74, 6) is 1.59. The summed E-state index contributed by atoms with van der Waals surface area (Å²) in [6.45, 7) is 7.24. The van der Waals surface area contributed by atoms with E-state index in [-0.39, 0.29) is 5.78 Å². The topological polar surface area (TPSA) is 52.7 Å². The van der Waals surface area contributed by atoms with Crippen LogP contribution in [0.2, 0.25) is 0 Å². The minimum atomic E-state index is 0.172. The molecule has 4 rings (SSSR count). The number of aromatic nitrogens is 4. The highest BCUT2D eigenvalue weighted by Crippen LogP contribution is 2.39. The average Bonchev–Trinajstić information content (AvgIpc) is 3.11. The lowest BCUT2D eigenvalue weighted by Crippen LogP contribution is -2.08. The fourth-order valence-corrected chi connectivity index (χ4v) is 5.26. The number of aryl methyl sites for hydroxylation is 1. The molecule has 148 valence electrons. The van der Waals surface area contributed by atoms with Crippen molar-refractivity contribution in [2.24, 2.45) is 0 Å². The predicted octanol–water partition coefficient (Wildman–Crippen LogP) is 5.07. The third kappa shape index (κ3) is 3.96. The summed E-state index contributed by atoms with van der Waals surface area (Å²) in [4.78, 5) is 14.2. The number of ketones is 1. The zero-order chi connectivity index (χ0) is 19.7. The Balaban J connectivity index is 1.48. The molecular formula is C21H26N4OS2. The standard InChI is InChI=1S/C21H26N4OS2/c1-4-9-24-14(2)11-18(15(24)3)19(26)13-28-21-23-22-20(25(21)16-7-8-16)12-17-6-5-10-27-17/h5-6,10-11,16H,4,7-9,12-13H2,1-3H3. The summed E-state index contributed by atoms with van der Waals surface area (Å²) < 4.78 is 4.50. The van der Waals surface area contributed by atoms with Gasteiger partial charge in [0, 0.05) is 40.8 Å². The molecule has 0 spiro atoms. The lowest BCUT2D eigenvalue weighted by Gasteiger charge is -2.09. The monoisotopic (exact) mass is 414 g/mol. The molecule has 0 radical (unpaired) electrons. The van der Waals surface area contributed by atoms with Crippen LogP contribution in [0.3, 0.4) is 0 Å². The van der Waals surface area contributed by atoms with Crippen LogP contribution in [-0.2, 0) is 13.0 Å². The van der Waals surface area contributed by atoms with Crippen LogP contribution >= 0.6 is 23.1 Å². The van der Waals surface area contributed by atoms with Gasteiger partial charge in [-0.3, -0.25) is 4.79 Å². The van der Waals surface area contributed by atoms with Crippen molar-refractivity contribution in [1.29, 1.82) is 0 Å². The van der Waals surface area contributed by atoms with Crippen LogP contribution in [0.25, 0.3) is 0 Å². The SMILES string of the molecule is CCCn1c(C)cc(C(=O)CSc2nnc(Cc3cccs3)n2C2CC2)c1C. The van der Waals surface area contributed by atoms with Gasteiger partial charge in [0.15, 0.2) is 10.9 Å². The van der Waals surface area contributed by atoms with E-state index in [2.05, 4.69) is 50.7 Å². The van der Waals surface area contributed by atoms with Crippen LogP contribution in [0.1, 0.15) is 64.7 Å². The highest BCUT2D eigenvalue weighted by atomic mass is 32.2. The first kappa shape index (κ1) is 19.5. The number of carbonyl (C=O) groups is 1. The van der Waals surface area contributed by atoms with E-state index < -0.39 is 0 Å². The summed E-state index contributed by atoms with van der Waals surface area (Å²) in [5.41, 5.74) is 3.08. The molecule has 7 heteroatoms. The summed E-state index contributed by atoms with van der Waals surface area (Å²) >= 11 is 3.27. The van der Waals surface area contributed by atoms with E-state index in [1.165, 1.54) is 29.5 Å². The molecule has 0 aromatic carbocycles. The van der Waals surface area contributed by atoms with Gasteiger partial charge in [0.25, 0.3) is 0 Å². The quantitative estimate of drug-likeness (QED) is 0.362. The predicted molar refractivity (Wildman–Crippen MR) is 115 cm³/mol. The van der Waals surface area contributed by atoms with E-state index in [9.17, 15) is 4.79 Å². The Morgan fingerprint density at radius 2 is 2.14 bits per heavy atom. The first-order valence-electron chi connectivity index (χ1n) is 9.87. The van der Waals surface area contributed by atoms with Gasteiger partial charge in [0.1, 0.15) is 5.82 Å². The van der Waals surface area contributed by atoms with Crippen molar-refractivity contribution in [3.05, 3.63) is 51.2 Å². The van der Waals surface area contributed by atoms with Gasteiger partial charge in [-0.15, -0.1) is 21.5 Å². The number of rotatable bonds is 9. The lowest BCUT2D eigenvalue weighted by molar-refractivity contribution is 0.102. The zero-order valence-corrected chi connectivity index (χ0v) is 18.3. The molecule has 3 aromatic heterocycles. The van der Waals surface area contributed by atoms with E-state index in [4.69, 9.17) is 0 Å². The van der Waals surface area contributed by atoms with Crippen molar-refractivity contribution in [3.63, 3.8) is 0 Å². The Hall–Kier alpha value is -1.86. The number of Topliss-reactive ketones (excluding diaryl/α,β-unsaturated/α-hetero) is 1. The van der Waals surface area contributed by atoms with Crippen LogP contribution in [0.15, 0.2) is 28.7 Å². The molecule has 1 aliphatic carbocycles. The van der Waals surface area contributed by atoms with Gasteiger partial charge in [0.2, 0.25) is 0 Å². The van der Waals surface area contributed by atoms with Crippen LogP contribution < -0.4 is 0 Å². The molecule has 3 aromatic rings. The van der Waals surface area contributed by atoms with Crippen molar-refractivity contribution in [3.8, 4) is 0 Å². The van der Waals surface area contributed by atoms with Crippen LogP contribution in [0.4, 0.5) is 0 Å². The molecular weight excluding hydrogens is 388 g/mol. The Bertz CT molecular complexity index is 967. The first-order chi connectivity index (χ1) is 13.6. The summed E-state index contributed by atoms with van der Waals surface area (Å²) in [5, 5.41) is 11.8. The fourth-order valence-electron chi connectivity index (χ4n) is 3.65. The van der Waals surface area contributed by atoms with Crippen molar-refractivity contribution >= 4 is 28.9 Å². The van der Waals surface area contributed by atoms with Crippen molar-refractivity contribution in [1.82, 2.24) is 19.3 Å². The summed E-state index contributed by atoms with van der Waals surface area (Å²) in [7, 11) is 0. The van der Waals surface area contributed by atoms with Gasteiger partial charge in [-0.2, -0.15) is 0 Å². The molecule has 0 bridgehead atoms. The van der Waals surface area contributed by atoms with Gasteiger partial charge < -0.3 is 9.13 Å². The van der Waals surface area contributed by atoms with E-state index in [1.807, 2.05) is 13.0 Å². The Morgan fingerprint density at radius 3 is 2.82 bits per heavy atom. The van der Waals surface area contributed by atoms with E-state index in [0.717, 1.165) is 47.3 Å². The Labute approximate surface area is 174 Å². The number of thioether (sulfide) groups is 1. The highest BCUT2D eigenvalue weighted by Gasteiger charge is 2.30. The van der Waals surface area contributed by atoms with E-state index in [0.29, 0.717) is 11.8 Å². The minimum absolute atomic E-state index is 0.172. The summed E-state index contributed by atoms with van der Waals surface area (Å²) in [6.07, 6.45) is 4.23. The van der Waals surface area contributed by atoms with Crippen LogP contribution in [-0.4, -0.2) is 30.9 Å². The molecule has 3 heterocycles. The van der Waals surface area contributed by atoms with Gasteiger partial charge in [0.05, 0.1) is 5.75 Å². The van der Waals surface area contributed by atoms with Gasteiger partial charge in [-0.1, -0.05) is 24.8 Å². The molecule has 0 aliphatic heterocycles. The molecule has 0 atom stereocenters. The lowest BCUT2D eigenvalue weighted by atomic mass is 10.2. The largest absolute Gasteiger partial charge is 0.348 e. The molecule has 5 nitrogen and oxygen atoms in total. The van der Waals surface area contributed by atoms with Crippen molar-refractivity contribution in [2.45, 2.75) is 64.2 Å². The van der Waals surface area contributed by atoms with Crippen molar-refractivity contribution < 1.29 is 4.79 Å². The molecule has 1 saturated carbocycles. The molecule has 1 aliphatic rings. The van der Waals surface area contributed by atoms with Gasteiger partial charge in [-0.25, -0.2) is 0 Å². The first-order valence-corrected chi connectivity index (χ1v) is 11.7. The van der Waals surface area contributed by atoms with E-state index in [1.54, 1.807) is 11.3 Å². The third-order valence-electron chi connectivity index (χ3n) is 5.21. The molecule has 0 N–H and O–H groups in total. The molecule has 0 amide bonds. The second kappa shape index (κ2) is 8.25. The number of hydrogen-bond donors (Lipinski definition) is 0. The molecule has 0 unspecified atom stereocenters. The minimum Gasteiger partial charge on any atom is -0.348 e. The highest BCUT2D eigenvalue weighted by molar-refractivity contribution is 7.99. The number of thiophene rings is 1. The van der Waals surface area contributed by atoms with Gasteiger partial charge in [-0.05, 0) is 50.6 Å². The maximum Gasteiger partial charge on any atom is 0.191 e. The Kier molecular flexibility index (Phi) is 5.73. The van der Waals surface area contributed by atoms with Gasteiger partial charge >= 0.3 is 0 Å². The number of carbonyl (C=O) groups excluding carboxylic acids is 1. The average molecular weight is 415 g/mol. The number of nitrogens with zero attached hydrogens (tertiary/aromatic N) is 4. The second-order valence-electron chi connectivity index (χ2n) is 7.40. The van der Waals surface area contributed by atoms with E-state index >= 15 is 0 Å². The maximum absolute atomic E-state index is 12.9. The zero-order valence-electron chi connectivity index (χ0n) is 16.6. The molecule has 28 heavy (non-hydrogen) atoms. The molecule has 0 saturated heterocycles.